The fourth-order valence-electron chi connectivity index (χ4n) is 2.18. The van der Waals surface area contributed by atoms with Crippen LogP contribution >= 0.6 is 24.8 Å². The zero-order valence-corrected chi connectivity index (χ0v) is 13.5. The number of nitrogens with one attached hydrogen (secondary N) is 2. The van der Waals surface area contributed by atoms with Crippen LogP contribution in [0.5, 0.6) is 0 Å². The fourth-order valence-corrected chi connectivity index (χ4v) is 2.18. The number of hydrogen-bond donors (Lipinski definition) is 2. The van der Waals surface area contributed by atoms with Crippen LogP contribution in [0, 0.1) is 0 Å². The van der Waals surface area contributed by atoms with Crippen molar-refractivity contribution in [3.63, 3.8) is 0 Å². The van der Waals surface area contributed by atoms with Gasteiger partial charge in [-0.1, -0.05) is 49.4 Å². The molecule has 0 unspecified atom stereocenters. The first-order valence-electron chi connectivity index (χ1n) is 6.80. The van der Waals surface area contributed by atoms with Crippen LogP contribution in [0.2, 0.25) is 0 Å². The van der Waals surface area contributed by atoms with Crippen LogP contribution in [-0.4, -0.2) is 19.6 Å². The monoisotopic (exact) mass is 314 g/mol. The molecule has 0 bridgehead atoms. The highest BCUT2D eigenvalue weighted by Crippen LogP contribution is 2.17. The molecule has 0 saturated carbocycles. The molecule has 2 rings (SSSR count). The van der Waals surface area contributed by atoms with Gasteiger partial charge in [-0.3, -0.25) is 0 Å². The number of hydrogen-bond acceptors (Lipinski definition) is 2. The highest BCUT2D eigenvalue weighted by atomic mass is 35.5. The Morgan fingerprint density at radius 2 is 1.55 bits per heavy atom. The average molecular weight is 315 g/mol. The molecule has 20 heavy (non-hydrogen) atoms. The van der Waals surface area contributed by atoms with E-state index in [0.717, 1.165) is 26.2 Å². The molecule has 0 aromatic heterocycles. The van der Waals surface area contributed by atoms with E-state index in [1.165, 1.54) is 22.8 Å². The lowest BCUT2D eigenvalue weighted by atomic mass is 10.0. The SMILES string of the molecule is CCNCCCNCc1cccc2ccccc12.Cl.Cl. The molecule has 0 atom stereocenters. The Kier molecular flexibility index (Phi) is 10.5. The van der Waals surface area contributed by atoms with E-state index in [0.29, 0.717) is 0 Å². The van der Waals surface area contributed by atoms with Crippen molar-refractivity contribution >= 4 is 35.6 Å². The summed E-state index contributed by atoms with van der Waals surface area (Å²) in [6.45, 7) is 6.32. The minimum atomic E-state index is 0. The molecule has 2 aromatic rings. The van der Waals surface area contributed by atoms with Crippen molar-refractivity contribution in [3.05, 3.63) is 48.0 Å². The molecule has 0 radical (unpaired) electrons. The first-order chi connectivity index (χ1) is 8.92. The predicted octanol–water partition coefficient (Wildman–Crippen LogP) is 3.77. The molecule has 2 nitrogen and oxygen atoms in total. The Morgan fingerprint density at radius 3 is 2.35 bits per heavy atom. The maximum Gasteiger partial charge on any atom is 0.0211 e. The highest BCUT2D eigenvalue weighted by Gasteiger charge is 1.99. The first-order valence-corrected chi connectivity index (χ1v) is 6.80. The highest BCUT2D eigenvalue weighted by molar-refractivity contribution is 5.86. The van der Waals surface area contributed by atoms with E-state index < -0.39 is 0 Å². The van der Waals surface area contributed by atoms with E-state index in [4.69, 9.17) is 0 Å². The topological polar surface area (TPSA) is 24.1 Å². The zero-order valence-electron chi connectivity index (χ0n) is 11.9. The Labute approximate surface area is 134 Å². The second-order valence-corrected chi connectivity index (χ2v) is 4.52. The smallest absolute Gasteiger partial charge is 0.0211 e. The second kappa shape index (κ2) is 10.9. The third-order valence-corrected chi connectivity index (χ3v) is 3.15. The Morgan fingerprint density at radius 1 is 0.850 bits per heavy atom. The van der Waals surface area contributed by atoms with Crippen LogP contribution < -0.4 is 10.6 Å². The first kappa shape index (κ1) is 19.2. The molecule has 0 saturated heterocycles. The molecular formula is C16H24Cl2N2. The summed E-state index contributed by atoms with van der Waals surface area (Å²) in [5.41, 5.74) is 1.39. The Balaban J connectivity index is 0.00000180. The van der Waals surface area contributed by atoms with Gasteiger partial charge in [-0.25, -0.2) is 0 Å². The predicted molar refractivity (Wildman–Crippen MR) is 93.3 cm³/mol. The van der Waals surface area contributed by atoms with Gasteiger partial charge in [0.2, 0.25) is 0 Å². The fraction of sp³-hybridized carbons (Fsp3) is 0.375. The molecule has 2 aromatic carbocycles. The quantitative estimate of drug-likeness (QED) is 0.760. The van der Waals surface area contributed by atoms with Gasteiger partial charge in [-0.05, 0) is 42.4 Å². The van der Waals surface area contributed by atoms with Crippen LogP contribution in [-0.2, 0) is 6.54 Å². The summed E-state index contributed by atoms with van der Waals surface area (Å²) < 4.78 is 0. The van der Waals surface area contributed by atoms with Crippen LogP contribution in [0.1, 0.15) is 18.9 Å². The van der Waals surface area contributed by atoms with Gasteiger partial charge < -0.3 is 10.6 Å². The lowest BCUT2D eigenvalue weighted by Gasteiger charge is -2.08. The van der Waals surface area contributed by atoms with Gasteiger partial charge >= 0.3 is 0 Å². The van der Waals surface area contributed by atoms with Crippen molar-refractivity contribution in [2.24, 2.45) is 0 Å². The average Bonchev–Trinajstić information content (AvgIpc) is 2.43. The van der Waals surface area contributed by atoms with Crippen molar-refractivity contribution in [2.45, 2.75) is 19.9 Å². The van der Waals surface area contributed by atoms with Crippen LogP contribution in [0.15, 0.2) is 42.5 Å². The molecule has 0 aliphatic carbocycles. The minimum absolute atomic E-state index is 0. The summed E-state index contributed by atoms with van der Waals surface area (Å²) in [6.07, 6.45) is 1.18. The van der Waals surface area contributed by atoms with Gasteiger partial charge in [0.15, 0.2) is 0 Å². The zero-order chi connectivity index (χ0) is 12.6. The Bertz CT molecular complexity index is 483. The number of halogens is 2. The second-order valence-electron chi connectivity index (χ2n) is 4.52. The maximum atomic E-state index is 3.51. The summed E-state index contributed by atoms with van der Waals surface area (Å²) in [6, 6.07) is 15.1. The van der Waals surface area contributed by atoms with Gasteiger partial charge in [0, 0.05) is 6.54 Å². The minimum Gasteiger partial charge on any atom is -0.317 e. The van der Waals surface area contributed by atoms with E-state index in [-0.39, 0.29) is 24.8 Å². The summed E-state index contributed by atoms with van der Waals surface area (Å²) in [5, 5.41) is 9.53. The molecule has 0 spiro atoms. The third-order valence-electron chi connectivity index (χ3n) is 3.15. The van der Waals surface area contributed by atoms with Crippen LogP contribution in [0.3, 0.4) is 0 Å². The van der Waals surface area contributed by atoms with Gasteiger partial charge in [-0.2, -0.15) is 0 Å². The largest absolute Gasteiger partial charge is 0.317 e. The summed E-state index contributed by atoms with van der Waals surface area (Å²) in [5.74, 6) is 0. The lowest BCUT2D eigenvalue weighted by Crippen LogP contribution is -2.21. The van der Waals surface area contributed by atoms with Gasteiger partial charge in [0.1, 0.15) is 0 Å². The van der Waals surface area contributed by atoms with Crippen LogP contribution in [0.4, 0.5) is 0 Å². The molecule has 4 heteroatoms. The molecule has 0 fully saturated rings. The van der Waals surface area contributed by atoms with E-state index in [1.54, 1.807) is 0 Å². The van der Waals surface area contributed by atoms with E-state index in [9.17, 15) is 0 Å². The van der Waals surface area contributed by atoms with E-state index in [1.807, 2.05) is 0 Å². The lowest BCUT2D eigenvalue weighted by molar-refractivity contribution is 0.607. The van der Waals surface area contributed by atoms with Crippen molar-refractivity contribution in [2.75, 3.05) is 19.6 Å². The van der Waals surface area contributed by atoms with Gasteiger partial charge in [0.25, 0.3) is 0 Å². The number of rotatable bonds is 7. The molecule has 0 amide bonds. The molecule has 0 aliphatic rings. The van der Waals surface area contributed by atoms with Crippen molar-refractivity contribution in [1.29, 1.82) is 0 Å². The maximum absolute atomic E-state index is 3.51. The van der Waals surface area contributed by atoms with E-state index in [2.05, 4.69) is 60.0 Å². The molecule has 0 heterocycles. The molecular weight excluding hydrogens is 291 g/mol. The molecule has 112 valence electrons. The standard InChI is InChI=1S/C16H22N2.2ClH/c1-2-17-11-6-12-18-13-15-9-5-8-14-7-3-4-10-16(14)15;;/h3-5,7-10,17-18H,2,6,11-13H2,1H3;2*1H. The summed E-state index contributed by atoms with van der Waals surface area (Å²) >= 11 is 0. The number of benzene rings is 2. The molecule has 0 aliphatic heterocycles. The van der Waals surface area contributed by atoms with Crippen LogP contribution in [0.25, 0.3) is 10.8 Å². The molecule has 2 N–H and O–H groups in total. The van der Waals surface area contributed by atoms with Crippen molar-refractivity contribution < 1.29 is 0 Å². The summed E-state index contributed by atoms with van der Waals surface area (Å²) in [4.78, 5) is 0. The number of fused-ring (bicyclic) bond motifs is 1. The van der Waals surface area contributed by atoms with Crippen molar-refractivity contribution in [1.82, 2.24) is 10.6 Å². The van der Waals surface area contributed by atoms with Gasteiger partial charge in [-0.15, -0.1) is 24.8 Å². The summed E-state index contributed by atoms with van der Waals surface area (Å²) in [7, 11) is 0. The third kappa shape index (κ3) is 5.68. The van der Waals surface area contributed by atoms with Crippen molar-refractivity contribution in [3.8, 4) is 0 Å². The normalized spacial score (nSPS) is 9.85. The van der Waals surface area contributed by atoms with Gasteiger partial charge in [0.05, 0.1) is 0 Å². The van der Waals surface area contributed by atoms with E-state index >= 15 is 0 Å². The Hall–Kier alpha value is -0.800.